The zero-order valence-corrected chi connectivity index (χ0v) is 46.4. The zero-order valence-electron chi connectivity index (χ0n) is 33.7. The SMILES string of the molecule is N=c1nc(Cl)[nH]c(=Nc2ccc(S(=O)(=O)O)c(N=Nc3c(S(=O)(=O)O)cc4cc(S(=O)(=O)O)c(N=Nc5cc(N=c6[nH]c(Cl)nc(=N)[nH]6)ccc5S(=O)(=O)O)c(O)c4c3N)c2)[nH]1.[Na].[Na].[Na].[Na]. The molecule has 0 atom stereocenters. The molecule has 0 aliphatic heterocycles. The summed E-state index contributed by atoms with van der Waals surface area (Å²) in [6.45, 7) is 0. The number of phenols is 1. The van der Waals surface area contributed by atoms with E-state index in [-0.39, 0.29) is 151 Å². The number of azo groups is 2. The van der Waals surface area contributed by atoms with Crippen molar-refractivity contribution in [2.75, 3.05) is 5.73 Å². The van der Waals surface area contributed by atoms with E-state index in [1.165, 1.54) is 0 Å². The van der Waals surface area contributed by atoms with Crippen LogP contribution in [-0.4, -0.2) is 205 Å². The summed E-state index contributed by atoms with van der Waals surface area (Å²) in [7, 11) is -21.1. The van der Waals surface area contributed by atoms with Crippen LogP contribution in [0, 0.1) is 10.8 Å². The van der Waals surface area contributed by atoms with Crippen molar-refractivity contribution < 1.29 is 57.0 Å². The third-order valence-corrected chi connectivity index (χ3v) is 11.5. The van der Waals surface area contributed by atoms with Gasteiger partial charge in [-0.2, -0.15) is 43.6 Å². The number of hydrogen-bond acceptors (Lipinski definition) is 20. The van der Waals surface area contributed by atoms with Gasteiger partial charge in [0, 0.05) is 118 Å². The monoisotopic (exact) mass is 1060 g/mol. The van der Waals surface area contributed by atoms with Gasteiger partial charge in [-0.25, -0.2) is 9.98 Å². The average Bonchev–Trinajstić information content (AvgIpc) is 3.11. The Labute approximate surface area is 467 Å². The number of benzene rings is 4. The number of aromatic hydroxyl groups is 1. The molecule has 4 aromatic carbocycles. The number of phenolic OH excluding ortho intramolecular Hbond substituents is 1. The van der Waals surface area contributed by atoms with Crippen molar-refractivity contribution >= 4 is 232 Å². The molecule has 0 fully saturated rings. The summed E-state index contributed by atoms with van der Waals surface area (Å²) in [5.41, 5.74) is -0.00403. The van der Waals surface area contributed by atoms with Gasteiger partial charge in [-0.1, -0.05) is 0 Å². The van der Waals surface area contributed by atoms with Crippen LogP contribution in [0.3, 0.4) is 0 Å². The molecule has 0 unspecified atom stereocenters. The largest absolute Gasteiger partial charge is 0.505 e. The maximum absolute atomic E-state index is 12.6. The van der Waals surface area contributed by atoms with Gasteiger partial charge in [0.05, 0.1) is 22.4 Å². The molecule has 0 saturated heterocycles. The van der Waals surface area contributed by atoms with Gasteiger partial charge in [-0.3, -0.25) is 39.0 Å². The maximum atomic E-state index is 12.6. The molecule has 328 valence electrons. The van der Waals surface area contributed by atoms with E-state index in [9.17, 15) is 57.0 Å². The van der Waals surface area contributed by atoms with Gasteiger partial charge in [-0.15, -0.1) is 20.5 Å². The first kappa shape index (κ1) is 59.5. The maximum Gasteiger partial charge on any atom is 0.296 e. The predicted molar refractivity (Wildman–Crippen MR) is 232 cm³/mol. The number of rotatable bonds is 10. The van der Waals surface area contributed by atoms with Crippen molar-refractivity contribution in [2.24, 2.45) is 30.4 Å². The van der Waals surface area contributed by atoms with E-state index < -0.39 is 116 Å². The van der Waals surface area contributed by atoms with E-state index >= 15 is 0 Å². The Morgan fingerprint density at radius 1 is 0.545 bits per heavy atom. The Hall–Kier alpha value is -2.62. The van der Waals surface area contributed by atoms with Crippen LogP contribution >= 0.6 is 23.2 Å². The second kappa shape index (κ2) is 22.9. The number of hydrogen-bond donors (Lipinski definition) is 12. The molecule has 6 aromatic rings. The molecule has 0 aliphatic rings. The van der Waals surface area contributed by atoms with Crippen molar-refractivity contribution in [1.82, 2.24) is 29.9 Å². The van der Waals surface area contributed by atoms with Crippen LogP contribution in [0.4, 0.5) is 39.8 Å². The molecular weight excluding hydrogens is 1050 g/mol. The molecule has 2 heterocycles. The fraction of sp³-hybridized carbons (Fsp3) is 0. The van der Waals surface area contributed by atoms with Crippen molar-refractivity contribution in [1.29, 1.82) is 10.8 Å². The summed E-state index contributed by atoms with van der Waals surface area (Å²) in [4.78, 5) is 20.6. The summed E-state index contributed by atoms with van der Waals surface area (Å²) < 4.78 is 140. The number of nitrogens with zero attached hydrogens (tertiary/aromatic N) is 8. The fourth-order valence-electron chi connectivity index (χ4n) is 5.22. The minimum Gasteiger partial charge on any atom is -0.505 e. The summed E-state index contributed by atoms with van der Waals surface area (Å²) in [6, 6.07) is 6.50. The summed E-state index contributed by atoms with van der Waals surface area (Å²) in [5, 5.41) is 39.5. The normalized spacial score (nSPS) is 12.7. The second-order valence-corrected chi connectivity index (χ2v) is 18.1. The van der Waals surface area contributed by atoms with E-state index in [1.54, 1.807) is 0 Å². The Morgan fingerprint density at radius 2 is 0.909 bits per heavy atom. The number of nitrogens with two attached hydrogens (primary N) is 1. The summed E-state index contributed by atoms with van der Waals surface area (Å²) in [6.07, 6.45) is 0. The predicted octanol–water partition coefficient (Wildman–Crippen LogP) is 1.25. The van der Waals surface area contributed by atoms with E-state index in [4.69, 9.17) is 39.8 Å². The van der Waals surface area contributed by atoms with E-state index in [0.29, 0.717) is 12.1 Å². The molecule has 13 N–H and O–H groups in total. The number of aromatic nitrogens is 6. The molecule has 0 aliphatic carbocycles. The molecule has 66 heavy (non-hydrogen) atoms. The number of nitrogen functional groups attached to an aromatic ring is 1. The van der Waals surface area contributed by atoms with Crippen molar-refractivity contribution in [3.05, 3.63) is 81.6 Å². The van der Waals surface area contributed by atoms with Crippen molar-refractivity contribution in [3.63, 3.8) is 0 Å². The van der Waals surface area contributed by atoms with Crippen LogP contribution in [0.2, 0.25) is 10.6 Å². The number of aromatic amines is 4. The number of fused-ring (bicyclic) bond motifs is 1. The van der Waals surface area contributed by atoms with Crippen LogP contribution in [0.25, 0.3) is 10.8 Å². The Kier molecular flexibility index (Phi) is 20.6. The minimum absolute atomic E-state index is 0. The van der Waals surface area contributed by atoms with Crippen LogP contribution in [0.5, 0.6) is 5.75 Å². The molecule has 38 heteroatoms. The first-order valence-electron chi connectivity index (χ1n) is 15.7. The van der Waals surface area contributed by atoms with Gasteiger partial charge in [0.15, 0.2) is 5.75 Å². The molecule has 0 saturated carbocycles. The Bertz CT molecular complexity index is 3490. The first-order chi connectivity index (χ1) is 28.7. The zero-order chi connectivity index (χ0) is 45.7. The van der Waals surface area contributed by atoms with Crippen molar-refractivity contribution in [2.45, 2.75) is 19.6 Å². The second-order valence-electron chi connectivity index (χ2n) is 11.8. The quantitative estimate of drug-likeness (QED) is 0.0398. The molecule has 28 nitrogen and oxygen atoms in total. The standard InChI is InChI=1S/C28H21Cl2N15O13S4.4Na/c29-23-36-25(32)40-27(38-23)34-10-1-3-14(59(47,48)49)12(7-10)42-44-20-16(61(53,54)55)5-9-6-17(62(56,57)58)21(22(46)18(9)19(20)31)45-43-13-8-11(2-4-15(13)60(50,51)52)35-28-39-24(30)37-26(33)41-28;;;;/h1-8,46H,31H2,(H,47,48,49)(H,50,51,52)(H,53,54,55)(H,56,57,58)(H3,32,34,36,38,40)(H3,33,35,37,39,41);;;;. The van der Waals surface area contributed by atoms with Crippen LogP contribution in [0.1, 0.15) is 0 Å². The first-order valence-corrected chi connectivity index (χ1v) is 22.3. The fourth-order valence-corrected chi connectivity index (χ4v) is 8.10. The number of nitrogens with one attached hydrogen (secondary N) is 6. The topological polar surface area (TPSA) is 475 Å². The molecule has 0 spiro atoms. The summed E-state index contributed by atoms with van der Waals surface area (Å²) >= 11 is 11.6. The molecule has 0 amide bonds. The minimum atomic E-state index is -5.47. The van der Waals surface area contributed by atoms with E-state index in [0.717, 1.165) is 36.4 Å². The van der Waals surface area contributed by atoms with Crippen LogP contribution in [-0.2, 0) is 40.5 Å². The number of halogens is 2. The van der Waals surface area contributed by atoms with Gasteiger partial charge in [0.1, 0.15) is 42.3 Å². The molecule has 6 rings (SSSR count). The van der Waals surface area contributed by atoms with Gasteiger partial charge in [0.2, 0.25) is 33.0 Å². The van der Waals surface area contributed by atoms with Gasteiger partial charge in [-0.05, 0) is 77.1 Å². The average molecular weight is 1070 g/mol. The molecular formula is C28H21Cl2N15Na4O13S4. The van der Waals surface area contributed by atoms with Crippen LogP contribution in [0.15, 0.2) is 98.6 Å². The molecule has 2 aromatic heterocycles. The van der Waals surface area contributed by atoms with Crippen molar-refractivity contribution in [3.8, 4) is 5.75 Å². The van der Waals surface area contributed by atoms with Gasteiger partial charge >= 0.3 is 0 Å². The summed E-state index contributed by atoms with van der Waals surface area (Å²) in [5.74, 6) is -1.31. The molecule has 0 bridgehead atoms. The third-order valence-electron chi connectivity index (χ3n) is 7.64. The number of H-pyrrole nitrogens is 4. The van der Waals surface area contributed by atoms with Gasteiger partial charge < -0.3 is 20.8 Å². The van der Waals surface area contributed by atoms with Gasteiger partial charge in [0.25, 0.3) is 40.5 Å². The third kappa shape index (κ3) is 14.2. The molecule has 4 radical (unpaired) electrons. The Balaban J connectivity index is 0.00000374. The van der Waals surface area contributed by atoms with E-state index in [2.05, 4.69) is 60.3 Å². The number of anilines is 1. The van der Waals surface area contributed by atoms with Crippen LogP contribution < -0.4 is 28.2 Å². The Morgan fingerprint density at radius 3 is 1.27 bits per heavy atom. The smallest absolute Gasteiger partial charge is 0.296 e. The van der Waals surface area contributed by atoms with E-state index in [1.807, 2.05) is 0 Å².